The van der Waals surface area contributed by atoms with Gasteiger partial charge in [-0.15, -0.1) is 6.58 Å². The fourth-order valence-electron chi connectivity index (χ4n) is 3.75. The van der Waals surface area contributed by atoms with Gasteiger partial charge in [-0.3, -0.25) is 0 Å². The molecule has 2 heterocycles. The number of allylic oxidation sites excluding steroid dienone is 1. The highest BCUT2D eigenvalue weighted by Crippen LogP contribution is 2.39. The summed E-state index contributed by atoms with van der Waals surface area (Å²) in [5, 5.41) is 3.36. The third-order valence-corrected chi connectivity index (χ3v) is 5.65. The van der Waals surface area contributed by atoms with Crippen LogP contribution in [0.1, 0.15) is 57.7 Å². The molecule has 1 aliphatic heterocycles. The maximum Gasteiger partial charge on any atom is 0.0948 e. The molecule has 4 heteroatoms. The predicted octanol–water partition coefficient (Wildman–Crippen LogP) is 4.14. The van der Waals surface area contributed by atoms with Crippen LogP contribution in [0.5, 0.6) is 0 Å². The van der Waals surface area contributed by atoms with Crippen molar-refractivity contribution in [1.29, 1.82) is 0 Å². The summed E-state index contributed by atoms with van der Waals surface area (Å²) in [4.78, 5) is 6.82. The molecular formula is C20H34N4. The first-order chi connectivity index (χ1) is 11.6. The average molecular weight is 331 g/mol. The number of hydrogen-bond donors (Lipinski definition) is 1. The zero-order valence-corrected chi connectivity index (χ0v) is 15.7. The van der Waals surface area contributed by atoms with Crippen molar-refractivity contribution in [3.05, 3.63) is 43.1 Å². The highest BCUT2D eigenvalue weighted by molar-refractivity contribution is 5.12. The van der Waals surface area contributed by atoms with Gasteiger partial charge in [-0.1, -0.05) is 25.5 Å². The van der Waals surface area contributed by atoms with Crippen LogP contribution in [0.2, 0.25) is 0 Å². The number of likely N-dealkylation sites (tertiary alicyclic amines) is 1. The molecule has 1 aliphatic rings. The van der Waals surface area contributed by atoms with E-state index in [1.165, 1.54) is 50.9 Å². The smallest absolute Gasteiger partial charge is 0.0948 e. The van der Waals surface area contributed by atoms with Gasteiger partial charge in [0.2, 0.25) is 0 Å². The lowest BCUT2D eigenvalue weighted by Gasteiger charge is -2.40. The Kier molecular flexibility index (Phi) is 7.10. The Hall–Kier alpha value is -1.55. The van der Waals surface area contributed by atoms with Gasteiger partial charge in [-0.2, -0.15) is 0 Å². The van der Waals surface area contributed by atoms with Crippen LogP contribution in [0, 0.1) is 5.41 Å². The SMILES string of the molecule is C=CC(N/C=C\C)c1cncn1CCCC1(CC)CCN(C)CC1. The van der Waals surface area contributed by atoms with Gasteiger partial charge in [0.15, 0.2) is 0 Å². The Morgan fingerprint density at radius 3 is 2.79 bits per heavy atom. The molecule has 24 heavy (non-hydrogen) atoms. The topological polar surface area (TPSA) is 33.1 Å². The lowest BCUT2D eigenvalue weighted by atomic mass is 9.73. The molecule has 1 saturated heterocycles. The van der Waals surface area contributed by atoms with Crippen molar-refractivity contribution in [2.75, 3.05) is 20.1 Å². The molecule has 1 aromatic rings. The van der Waals surface area contributed by atoms with Gasteiger partial charge in [0.1, 0.15) is 0 Å². The van der Waals surface area contributed by atoms with Gasteiger partial charge in [-0.05, 0) is 64.4 Å². The standard InChI is InChI=1S/C20H34N4/c1-5-12-22-18(6-2)19-16-21-17-24(19)13-8-9-20(7-3)10-14-23(4)15-11-20/h5-6,12,16-18,22H,2,7-11,13-15H2,1,3-4H3/b12-5-. The van der Waals surface area contributed by atoms with E-state index in [4.69, 9.17) is 0 Å². The Bertz CT molecular complexity index is 523. The summed E-state index contributed by atoms with van der Waals surface area (Å²) in [5.41, 5.74) is 1.74. The first-order valence-corrected chi connectivity index (χ1v) is 9.32. The molecule has 1 fully saturated rings. The van der Waals surface area contributed by atoms with Crippen LogP contribution in [0.4, 0.5) is 0 Å². The Labute approximate surface area is 147 Å². The second kappa shape index (κ2) is 9.07. The van der Waals surface area contributed by atoms with Gasteiger partial charge < -0.3 is 14.8 Å². The first kappa shape index (κ1) is 18.8. The van der Waals surface area contributed by atoms with Gasteiger partial charge >= 0.3 is 0 Å². The summed E-state index contributed by atoms with van der Waals surface area (Å²) < 4.78 is 2.28. The van der Waals surface area contributed by atoms with E-state index in [0.717, 1.165) is 6.54 Å². The monoisotopic (exact) mass is 330 g/mol. The molecule has 1 unspecified atom stereocenters. The molecule has 1 aromatic heterocycles. The quantitative estimate of drug-likeness (QED) is 0.691. The van der Waals surface area contributed by atoms with Crippen molar-refractivity contribution in [3.63, 3.8) is 0 Å². The lowest BCUT2D eigenvalue weighted by Crippen LogP contribution is -2.37. The van der Waals surface area contributed by atoms with Crippen molar-refractivity contribution >= 4 is 0 Å². The number of rotatable bonds is 9. The minimum atomic E-state index is 0.118. The second-order valence-electron chi connectivity index (χ2n) is 7.15. The number of imidazole rings is 1. The number of nitrogens with zero attached hydrogens (tertiary/aromatic N) is 3. The molecular weight excluding hydrogens is 296 g/mol. The first-order valence-electron chi connectivity index (χ1n) is 9.32. The zero-order chi connectivity index (χ0) is 17.4. The third kappa shape index (κ3) is 4.73. The maximum atomic E-state index is 4.36. The van der Waals surface area contributed by atoms with E-state index < -0.39 is 0 Å². The highest BCUT2D eigenvalue weighted by atomic mass is 15.1. The van der Waals surface area contributed by atoms with Gasteiger partial charge in [0, 0.05) is 6.54 Å². The molecule has 2 rings (SSSR count). The highest BCUT2D eigenvalue weighted by Gasteiger charge is 2.31. The number of piperidine rings is 1. The van der Waals surface area contributed by atoms with E-state index >= 15 is 0 Å². The van der Waals surface area contributed by atoms with Crippen molar-refractivity contribution in [2.45, 2.75) is 58.5 Å². The van der Waals surface area contributed by atoms with Crippen LogP contribution in [0.3, 0.4) is 0 Å². The molecule has 4 nitrogen and oxygen atoms in total. The molecule has 1 N–H and O–H groups in total. The Balaban J connectivity index is 1.92. The van der Waals surface area contributed by atoms with Crippen LogP contribution >= 0.6 is 0 Å². The van der Waals surface area contributed by atoms with Crippen LogP contribution < -0.4 is 5.32 Å². The Morgan fingerprint density at radius 1 is 1.42 bits per heavy atom. The summed E-state index contributed by atoms with van der Waals surface area (Å²) in [7, 11) is 2.24. The fraction of sp³-hybridized carbons (Fsp3) is 0.650. The third-order valence-electron chi connectivity index (χ3n) is 5.65. The van der Waals surface area contributed by atoms with E-state index in [1.807, 2.05) is 37.8 Å². The molecule has 0 aliphatic carbocycles. The molecule has 0 radical (unpaired) electrons. The Morgan fingerprint density at radius 2 is 2.17 bits per heavy atom. The van der Waals surface area contributed by atoms with Gasteiger partial charge in [0.25, 0.3) is 0 Å². The van der Waals surface area contributed by atoms with E-state index in [2.05, 4.69) is 40.3 Å². The van der Waals surface area contributed by atoms with Crippen LogP contribution in [-0.4, -0.2) is 34.6 Å². The van der Waals surface area contributed by atoms with Crippen molar-refractivity contribution in [1.82, 2.24) is 19.8 Å². The largest absolute Gasteiger partial charge is 0.380 e. The van der Waals surface area contributed by atoms with Crippen LogP contribution in [-0.2, 0) is 6.54 Å². The summed E-state index contributed by atoms with van der Waals surface area (Å²) in [6, 6.07) is 0.118. The number of hydrogen-bond acceptors (Lipinski definition) is 3. The van der Waals surface area contributed by atoms with E-state index in [-0.39, 0.29) is 6.04 Å². The predicted molar refractivity (Wildman–Crippen MR) is 102 cm³/mol. The number of nitrogens with one attached hydrogen (secondary N) is 1. The second-order valence-corrected chi connectivity index (χ2v) is 7.15. The van der Waals surface area contributed by atoms with Crippen molar-refractivity contribution < 1.29 is 0 Å². The molecule has 0 amide bonds. The van der Waals surface area contributed by atoms with Gasteiger partial charge in [0.05, 0.1) is 24.3 Å². The molecule has 1 atom stereocenters. The summed E-state index contributed by atoms with van der Waals surface area (Å²) >= 11 is 0. The fourth-order valence-corrected chi connectivity index (χ4v) is 3.75. The van der Waals surface area contributed by atoms with Gasteiger partial charge in [-0.25, -0.2) is 4.98 Å². The van der Waals surface area contributed by atoms with E-state index in [0.29, 0.717) is 5.41 Å². The zero-order valence-electron chi connectivity index (χ0n) is 15.7. The summed E-state index contributed by atoms with van der Waals surface area (Å²) in [6.07, 6.45) is 16.3. The van der Waals surface area contributed by atoms with Crippen molar-refractivity contribution in [2.24, 2.45) is 5.41 Å². The summed E-state index contributed by atoms with van der Waals surface area (Å²) in [6.45, 7) is 11.9. The normalized spacial score (nSPS) is 19.5. The summed E-state index contributed by atoms with van der Waals surface area (Å²) in [5.74, 6) is 0. The molecule has 0 aromatic carbocycles. The van der Waals surface area contributed by atoms with E-state index in [1.54, 1.807) is 0 Å². The molecule has 0 spiro atoms. The molecule has 0 bridgehead atoms. The molecule has 134 valence electrons. The van der Waals surface area contributed by atoms with E-state index in [9.17, 15) is 0 Å². The van der Waals surface area contributed by atoms with Crippen molar-refractivity contribution in [3.8, 4) is 0 Å². The maximum absolute atomic E-state index is 4.36. The van der Waals surface area contributed by atoms with Crippen LogP contribution in [0.15, 0.2) is 37.5 Å². The number of aromatic nitrogens is 2. The average Bonchev–Trinajstić information content (AvgIpc) is 3.06. The minimum absolute atomic E-state index is 0.118. The molecule has 0 saturated carbocycles. The lowest BCUT2D eigenvalue weighted by molar-refractivity contribution is 0.104. The number of aryl methyl sites for hydroxylation is 1. The minimum Gasteiger partial charge on any atom is -0.380 e. The van der Waals surface area contributed by atoms with Crippen LogP contribution in [0.25, 0.3) is 0 Å².